The Morgan fingerprint density at radius 3 is 2.28 bits per heavy atom. The fraction of sp³-hybridized carbons (Fsp3) is 0.222. The first-order valence-corrected chi connectivity index (χ1v) is 8.29. The van der Waals surface area contributed by atoms with Crippen molar-refractivity contribution in [2.75, 3.05) is 6.61 Å². The number of amides is 1. The van der Waals surface area contributed by atoms with Gasteiger partial charge in [-0.25, -0.2) is 4.79 Å². The van der Waals surface area contributed by atoms with Gasteiger partial charge in [-0.05, 0) is 23.3 Å². The maximum Gasteiger partial charge on any atom is 0.326 e. The second kappa shape index (κ2) is 9.42. The van der Waals surface area contributed by atoms with Gasteiger partial charge in [-0.1, -0.05) is 59.6 Å². The summed E-state index contributed by atoms with van der Waals surface area (Å²) in [5.41, 5.74) is 1.40. The van der Waals surface area contributed by atoms with Crippen LogP contribution in [0.15, 0.2) is 48.5 Å². The molecule has 0 saturated carbocycles. The van der Waals surface area contributed by atoms with Crippen LogP contribution < -0.4 is 5.32 Å². The molecule has 25 heavy (non-hydrogen) atoms. The molecule has 0 heterocycles. The Morgan fingerprint density at radius 1 is 1.04 bits per heavy atom. The van der Waals surface area contributed by atoms with Gasteiger partial charge in [0.2, 0.25) is 5.91 Å². The summed E-state index contributed by atoms with van der Waals surface area (Å²) in [6.07, 6.45) is -0.0156. The molecule has 0 aliphatic carbocycles. The first-order chi connectivity index (χ1) is 12.0. The highest BCUT2D eigenvalue weighted by Gasteiger charge is 2.22. The number of carbonyl (C=O) groups is 2. The van der Waals surface area contributed by atoms with E-state index in [2.05, 4.69) is 5.32 Å². The Kier molecular flexibility index (Phi) is 7.25. The van der Waals surface area contributed by atoms with Crippen LogP contribution in [0.4, 0.5) is 0 Å². The van der Waals surface area contributed by atoms with Crippen LogP contribution in [0.2, 0.25) is 10.0 Å². The molecule has 0 unspecified atom stereocenters. The van der Waals surface area contributed by atoms with E-state index in [1.165, 1.54) is 0 Å². The molecule has 0 fully saturated rings. The largest absolute Gasteiger partial charge is 0.480 e. The van der Waals surface area contributed by atoms with Crippen LogP contribution in [0.25, 0.3) is 0 Å². The zero-order valence-corrected chi connectivity index (χ0v) is 14.8. The standard InChI is InChI=1S/C18H17Cl2NO4/c19-14-7-4-8-15(20)13(14)9-16(18(23)24)21-17(22)11-25-10-12-5-2-1-3-6-12/h1-8,16H,9-11H2,(H,21,22)(H,23,24)/t16-/m0/s1. The van der Waals surface area contributed by atoms with Gasteiger partial charge < -0.3 is 15.2 Å². The molecule has 0 aromatic heterocycles. The Hall–Kier alpha value is -2.08. The van der Waals surface area contributed by atoms with Gasteiger partial charge in [-0.3, -0.25) is 4.79 Å². The Morgan fingerprint density at radius 2 is 1.68 bits per heavy atom. The molecule has 0 aliphatic heterocycles. The lowest BCUT2D eigenvalue weighted by Gasteiger charge is -2.16. The second-order valence-electron chi connectivity index (χ2n) is 5.34. The zero-order chi connectivity index (χ0) is 18.2. The molecular formula is C18H17Cl2NO4. The number of hydrogen-bond acceptors (Lipinski definition) is 3. The number of ether oxygens (including phenoxy) is 1. The number of benzene rings is 2. The quantitative estimate of drug-likeness (QED) is 0.735. The number of hydrogen-bond donors (Lipinski definition) is 2. The summed E-state index contributed by atoms with van der Waals surface area (Å²) in [5.74, 6) is -1.70. The Balaban J connectivity index is 1.90. The monoisotopic (exact) mass is 381 g/mol. The smallest absolute Gasteiger partial charge is 0.326 e. The van der Waals surface area contributed by atoms with Crippen LogP contribution in [0.1, 0.15) is 11.1 Å². The van der Waals surface area contributed by atoms with E-state index in [-0.39, 0.29) is 19.6 Å². The summed E-state index contributed by atoms with van der Waals surface area (Å²) in [7, 11) is 0. The maximum absolute atomic E-state index is 11.9. The van der Waals surface area contributed by atoms with Gasteiger partial charge >= 0.3 is 5.97 Å². The van der Waals surface area contributed by atoms with E-state index in [4.69, 9.17) is 27.9 Å². The van der Waals surface area contributed by atoms with Crippen molar-refractivity contribution in [1.29, 1.82) is 0 Å². The van der Waals surface area contributed by atoms with Gasteiger partial charge in [0.25, 0.3) is 0 Å². The third-order valence-electron chi connectivity index (χ3n) is 3.45. The average Bonchev–Trinajstić information content (AvgIpc) is 2.58. The molecule has 2 N–H and O–H groups in total. The molecule has 132 valence electrons. The fourth-order valence-corrected chi connectivity index (χ4v) is 2.76. The summed E-state index contributed by atoms with van der Waals surface area (Å²) in [5, 5.41) is 12.5. The molecule has 0 saturated heterocycles. The van der Waals surface area contributed by atoms with E-state index in [0.29, 0.717) is 15.6 Å². The highest BCUT2D eigenvalue weighted by Crippen LogP contribution is 2.25. The molecule has 1 amide bonds. The van der Waals surface area contributed by atoms with Gasteiger partial charge in [-0.2, -0.15) is 0 Å². The maximum atomic E-state index is 11.9. The van der Waals surface area contributed by atoms with E-state index in [0.717, 1.165) is 5.56 Å². The summed E-state index contributed by atoms with van der Waals surface area (Å²) in [6, 6.07) is 13.1. The molecule has 2 aromatic rings. The van der Waals surface area contributed by atoms with Crippen molar-refractivity contribution in [3.8, 4) is 0 Å². The molecule has 7 heteroatoms. The number of rotatable bonds is 8. The van der Waals surface area contributed by atoms with E-state index < -0.39 is 17.9 Å². The van der Waals surface area contributed by atoms with Gasteiger partial charge in [0.15, 0.2) is 0 Å². The molecule has 1 atom stereocenters. The minimum atomic E-state index is -1.17. The number of carboxylic acids is 1. The molecule has 0 spiro atoms. The topological polar surface area (TPSA) is 75.6 Å². The minimum absolute atomic E-state index is 0.0156. The minimum Gasteiger partial charge on any atom is -0.480 e. The lowest BCUT2D eigenvalue weighted by Crippen LogP contribution is -2.44. The van der Waals surface area contributed by atoms with Gasteiger partial charge in [0, 0.05) is 16.5 Å². The molecule has 5 nitrogen and oxygen atoms in total. The van der Waals surface area contributed by atoms with Crippen LogP contribution in [0.5, 0.6) is 0 Å². The zero-order valence-electron chi connectivity index (χ0n) is 13.2. The molecule has 2 rings (SSSR count). The molecule has 0 aliphatic rings. The van der Waals surface area contributed by atoms with Crippen molar-refractivity contribution < 1.29 is 19.4 Å². The molecule has 0 radical (unpaired) electrons. The second-order valence-corrected chi connectivity index (χ2v) is 6.16. The van der Waals surface area contributed by atoms with Crippen LogP contribution in [0, 0.1) is 0 Å². The van der Waals surface area contributed by atoms with Crippen LogP contribution in [0.3, 0.4) is 0 Å². The lowest BCUT2D eigenvalue weighted by molar-refractivity contribution is -0.142. The number of aliphatic carboxylic acids is 1. The molecule has 2 aromatic carbocycles. The first-order valence-electron chi connectivity index (χ1n) is 7.54. The summed E-state index contributed by atoms with van der Waals surface area (Å²) in [6.45, 7) is 0.0251. The summed E-state index contributed by atoms with van der Waals surface area (Å²) >= 11 is 12.1. The number of carbonyl (C=O) groups excluding carboxylic acids is 1. The average molecular weight is 382 g/mol. The highest BCUT2D eigenvalue weighted by atomic mass is 35.5. The Labute approximate surface area is 155 Å². The van der Waals surface area contributed by atoms with E-state index in [1.807, 2.05) is 30.3 Å². The van der Waals surface area contributed by atoms with Crippen LogP contribution >= 0.6 is 23.2 Å². The number of nitrogens with one attached hydrogen (secondary N) is 1. The SMILES string of the molecule is O=C(COCc1ccccc1)N[C@@H](Cc1c(Cl)cccc1Cl)C(=O)O. The van der Waals surface area contributed by atoms with Crippen molar-refractivity contribution in [2.24, 2.45) is 0 Å². The predicted octanol–water partition coefficient (Wildman–Crippen LogP) is 3.32. The summed E-state index contributed by atoms with van der Waals surface area (Å²) in [4.78, 5) is 23.4. The van der Waals surface area contributed by atoms with Crippen molar-refractivity contribution in [1.82, 2.24) is 5.32 Å². The van der Waals surface area contributed by atoms with Crippen LogP contribution in [-0.2, 0) is 27.4 Å². The number of carboxylic acid groups (broad SMARTS) is 1. The Bertz CT molecular complexity index is 717. The van der Waals surface area contributed by atoms with Gasteiger partial charge in [-0.15, -0.1) is 0 Å². The summed E-state index contributed by atoms with van der Waals surface area (Å²) < 4.78 is 5.30. The lowest BCUT2D eigenvalue weighted by atomic mass is 10.1. The fourth-order valence-electron chi connectivity index (χ4n) is 2.20. The first kappa shape index (κ1) is 19.2. The van der Waals surface area contributed by atoms with E-state index in [9.17, 15) is 14.7 Å². The normalized spacial score (nSPS) is 11.8. The molecule has 0 bridgehead atoms. The highest BCUT2D eigenvalue weighted by molar-refractivity contribution is 6.36. The third kappa shape index (κ3) is 6.05. The van der Waals surface area contributed by atoms with Crippen molar-refractivity contribution >= 4 is 35.1 Å². The van der Waals surface area contributed by atoms with Crippen molar-refractivity contribution in [2.45, 2.75) is 19.1 Å². The number of halogens is 2. The predicted molar refractivity (Wildman–Crippen MR) is 95.8 cm³/mol. The third-order valence-corrected chi connectivity index (χ3v) is 4.16. The van der Waals surface area contributed by atoms with E-state index in [1.54, 1.807) is 18.2 Å². The van der Waals surface area contributed by atoms with Gasteiger partial charge in [0.05, 0.1) is 6.61 Å². The van der Waals surface area contributed by atoms with Gasteiger partial charge in [0.1, 0.15) is 12.6 Å². The van der Waals surface area contributed by atoms with Crippen molar-refractivity contribution in [3.63, 3.8) is 0 Å². The van der Waals surface area contributed by atoms with E-state index >= 15 is 0 Å². The van der Waals surface area contributed by atoms with Crippen LogP contribution in [-0.4, -0.2) is 29.6 Å². The molecular weight excluding hydrogens is 365 g/mol. The van der Waals surface area contributed by atoms with Crippen molar-refractivity contribution in [3.05, 3.63) is 69.7 Å².